The van der Waals surface area contributed by atoms with Crippen LogP contribution in [0.25, 0.3) is 0 Å². The van der Waals surface area contributed by atoms with E-state index in [4.69, 9.17) is 4.74 Å². The molecule has 2 aromatic heterocycles. The molecule has 128 valence electrons. The van der Waals surface area contributed by atoms with Gasteiger partial charge in [0, 0.05) is 25.5 Å². The minimum Gasteiger partial charge on any atom is -0.487 e. The minimum atomic E-state index is -0.189. The predicted octanol–water partition coefficient (Wildman–Crippen LogP) is 1.71. The van der Waals surface area contributed by atoms with Gasteiger partial charge in [-0.15, -0.1) is 0 Å². The molecule has 0 amide bonds. The second kappa shape index (κ2) is 7.92. The summed E-state index contributed by atoms with van der Waals surface area (Å²) in [4.78, 5) is 15.0. The van der Waals surface area contributed by atoms with Crippen molar-refractivity contribution in [3.8, 4) is 5.75 Å². The maximum Gasteiger partial charge on any atom is 0.224 e. The van der Waals surface area contributed by atoms with Crippen molar-refractivity contribution < 1.29 is 9.84 Å². The van der Waals surface area contributed by atoms with Crippen LogP contribution in [0.2, 0.25) is 0 Å². The molecule has 0 radical (unpaired) electrons. The van der Waals surface area contributed by atoms with Crippen molar-refractivity contribution in [2.75, 3.05) is 29.9 Å². The Balaban J connectivity index is 1.53. The van der Waals surface area contributed by atoms with Crippen LogP contribution in [0, 0.1) is 0 Å². The number of aromatic nitrogens is 3. The molecule has 1 fully saturated rings. The summed E-state index contributed by atoms with van der Waals surface area (Å²) < 4.78 is 5.78. The van der Waals surface area contributed by atoms with E-state index in [0.29, 0.717) is 12.5 Å². The van der Waals surface area contributed by atoms with Crippen molar-refractivity contribution in [1.29, 1.82) is 0 Å². The third-order valence-corrected chi connectivity index (χ3v) is 3.95. The number of piperidine rings is 1. The number of nitrogens with one attached hydrogen (secondary N) is 1. The average molecular weight is 329 g/mol. The van der Waals surface area contributed by atoms with Crippen molar-refractivity contribution >= 4 is 11.8 Å². The van der Waals surface area contributed by atoms with E-state index in [1.165, 1.54) is 0 Å². The lowest BCUT2D eigenvalue weighted by Gasteiger charge is -2.30. The highest BCUT2D eigenvalue weighted by molar-refractivity contribution is 5.42. The van der Waals surface area contributed by atoms with Crippen LogP contribution >= 0.6 is 0 Å². The molecule has 1 aliphatic heterocycles. The number of ether oxygens (including phenoxy) is 1. The molecule has 7 heteroatoms. The number of hydrogen-bond donors (Lipinski definition) is 2. The molecule has 0 aromatic carbocycles. The lowest BCUT2D eigenvalue weighted by molar-refractivity contribution is 0.145. The summed E-state index contributed by atoms with van der Waals surface area (Å²) in [5, 5.41) is 12.8. The summed E-state index contributed by atoms with van der Waals surface area (Å²) in [5.41, 5.74) is 0. The summed E-state index contributed by atoms with van der Waals surface area (Å²) in [6, 6.07) is 5.63. The Morgan fingerprint density at radius 2 is 2.17 bits per heavy atom. The number of nitrogens with zero attached hydrogens (tertiary/aromatic N) is 4. The fourth-order valence-corrected chi connectivity index (χ4v) is 2.63. The van der Waals surface area contributed by atoms with Crippen molar-refractivity contribution in [3.05, 3.63) is 36.8 Å². The smallest absolute Gasteiger partial charge is 0.224 e. The summed E-state index contributed by atoms with van der Waals surface area (Å²) in [7, 11) is 0. The van der Waals surface area contributed by atoms with Gasteiger partial charge < -0.3 is 20.1 Å². The first-order chi connectivity index (χ1) is 11.7. The summed E-state index contributed by atoms with van der Waals surface area (Å²) in [6.45, 7) is 4.21. The Morgan fingerprint density at radius 1 is 1.33 bits per heavy atom. The first-order valence-corrected chi connectivity index (χ1v) is 8.27. The number of hydrogen-bond acceptors (Lipinski definition) is 7. The van der Waals surface area contributed by atoms with Crippen LogP contribution < -0.4 is 15.0 Å². The zero-order valence-electron chi connectivity index (χ0n) is 13.8. The van der Waals surface area contributed by atoms with Gasteiger partial charge in [-0.1, -0.05) is 0 Å². The maximum atomic E-state index is 9.60. The second-order valence-corrected chi connectivity index (χ2v) is 5.95. The number of pyridine rings is 1. The quantitative estimate of drug-likeness (QED) is 0.834. The lowest BCUT2D eigenvalue weighted by atomic mass is 10.1. The molecule has 0 bridgehead atoms. The van der Waals surface area contributed by atoms with E-state index in [0.717, 1.165) is 37.5 Å². The van der Waals surface area contributed by atoms with Crippen LogP contribution in [0.1, 0.15) is 19.8 Å². The molecule has 0 spiro atoms. The molecule has 1 aliphatic rings. The van der Waals surface area contributed by atoms with E-state index < -0.39 is 0 Å². The van der Waals surface area contributed by atoms with Gasteiger partial charge >= 0.3 is 0 Å². The Bertz CT molecular complexity index is 632. The predicted molar refractivity (Wildman–Crippen MR) is 92.3 cm³/mol. The second-order valence-electron chi connectivity index (χ2n) is 5.95. The van der Waals surface area contributed by atoms with Crippen molar-refractivity contribution in [2.24, 2.45) is 0 Å². The van der Waals surface area contributed by atoms with Gasteiger partial charge in [-0.25, -0.2) is 4.98 Å². The Hall–Kier alpha value is -2.41. The van der Waals surface area contributed by atoms with Gasteiger partial charge in [0.1, 0.15) is 17.7 Å². The van der Waals surface area contributed by atoms with Crippen LogP contribution in [-0.2, 0) is 0 Å². The summed E-state index contributed by atoms with van der Waals surface area (Å²) >= 11 is 0. The van der Waals surface area contributed by atoms with Crippen molar-refractivity contribution in [1.82, 2.24) is 15.0 Å². The first-order valence-electron chi connectivity index (χ1n) is 8.27. The third kappa shape index (κ3) is 4.55. The maximum absolute atomic E-state index is 9.60. The molecule has 2 aromatic rings. The van der Waals surface area contributed by atoms with E-state index in [1.807, 2.05) is 25.1 Å². The zero-order chi connectivity index (χ0) is 16.8. The van der Waals surface area contributed by atoms with Gasteiger partial charge in [0.05, 0.1) is 18.8 Å². The van der Waals surface area contributed by atoms with Crippen LogP contribution in [0.15, 0.2) is 36.8 Å². The van der Waals surface area contributed by atoms with Crippen LogP contribution in [0.3, 0.4) is 0 Å². The Morgan fingerprint density at radius 3 is 2.92 bits per heavy atom. The van der Waals surface area contributed by atoms with E-state index in [1.54, 1.807) is 18.6 Å². The van der Waals surface area contributed by atoms with Crippen LogP contribution in [0.5, 0.6) is 5.75 Å². The minimum absolute atomic E-state index is 0.0356. The molecule has 3 rings (SSSR count). The van der Waals surface area contributed by atoms with Gasteiger partial charge in [-0.2, -0.15) is 4.98 Å². The zero-order valence-corrected chi connectivity index (χ0v) is 13.8. The standard InChI is InChI=1S/C17H23N5O2/c1-13(24-15-3-2-7-18-12-15)11-20-17-19-8-4-16(21-17)22-9-5-14(23)6-10-22/h2-4,7-8,12-14,23H,5-6,9-11H2,1H3,(H,19,20,21). The summed E-state index contributed by atoms with van der Waals surface area (Å²) in [6.07, 6.45) is 6.50. The SMILES string of the molecule is CC(CNc1nccc(N2CCC(O)CC2)n1)Oc1cccnc1. The average Bonchev–Trinajstić information content (AvgIpc) is 2.62. The third-order valence-electron chi connectivity index (χ3n) is 3.95. The van der Waals surface area contributed by atoms with E-state index in [2.05, 4.69) is 25.2 Å². The fourth-order valence-electron chi connectivity index (χ4n) is 2.63. The molecule has 24 heavy (non-hydrogen) atoms. The van der Waals surface area contributed by atoms with Gasteiger partial charge in [0.2, 0.25) is 5.95 Å². The van der Waals surface area contributed by atoms with E-state index in [-0.39, 0.29) is 12.2 Å². The van der Waals surface area contributed by atoms with Crippen LogP contribution in [0.4, 0.5) is 11.8 Å². The first kappa shape index (κ1) is 16.4. The number of anilines is 2. The summed E-state index contributed by atoms with van der Waals surface area (Å²) in [5.74, 6) is 2.22. The largest absolute Gasteiger partial charge is 0.487 e. The molecule has 1 atom stereocenters. The molecular weight excluding hydrogens is 306 g/mol. The topological polar surface area (TPSA) is 83.4 Å². The highest BCUT2D eigenvalue weighted by Crippen LogP contribution is 2.18. The number of aliphatic hydroxyl groups is 1. The number of aliphatic hydroxyl groups excluding tert-OH is 1. The highest BCUT2D eigenvalue weighted by atomic mass is 16.5. The monoisotopic (exact) mass is 329 g/mol. The van der Waals surface area contributed by atoms with Gasteiger partial charge in [0.25, 0.3) is 0 Å². The molecule has 7 nitrogen and oxygen atoms in total. The van der Waals surface area contributed by atoms with Crippen LogP contribution in [-0.4, -0.2) is 51.9 Å². The van der Waals surface area contributed by atoms with E-state index >= 15 is 0 Å². The Labute approximate surface area is 141 Å². The fraction of sp³-hybridized carbons (Fsp3) is 0.471. The Kier molecular flexibility index (Phi) is 5.43. The van der Waals surface area contributed by atoms with E-state index in [9.17, 15) is 5.11 Å². The van der Waals surface area contributed by atoms with Crippen molar-refractivity contribution in [3.63, 3.8) is 0 Å². The molecule has 1 unspecified atom stereocenters. The van der Waals surface area contributed by atoms with Gasteiger partial charge in [0.15, 0.2) is 0 Å². The molecule has 3 heterocycles. The molecular formula is C17H23N5O2. The van der Waals surface area contributed by atoms with Gasteiger partial charge in [-0.05, 0) is 38.0 Å². The molecule has 1 saturated heterocycles. The number of rotatable bonds is 6. The molecule has 2 N–H and O–H groups in total. The van der Waals surface area contributed by atoms with Crippen molar-refractivity contribution in [2.45, 2.75) is 32.0 Å². The normalized spacial score (nSPS) is 16.7. The highest BCUT2D eigenvalue weighted by Gasteiger charge is 2.18. The molecule has 0 saturated carbocycles. The lowest BCUT2D eigenvalue weighted by Crippen LogP contribution is -2.36. The molecule has 0 aliphatic carbocycles. The van der Waals surface area contributed by atoms with Gasteiger partial charge in [-0.3, -0.25) is 4.98 Å².